The summed E-state index contributed by atoms with van der Waals surface area (Å²) in [5.74, 6) is 1.15. The maximum atomic E-state index is 12.7. The summed E-state index contributed by atoms with van der Waals surface area (Å²) in [5, 5.41) is 0. The topological polar surface area (TPSA) is 84.9 Å². The van der Waals surface area contributed by atoms with E-state index in [0.29, 0.717) is 43.2 Å². The summed E-state index contributed by atoms with van der Waals surface area (Å²) in [6, 6.07) is 5.74. The summed E-state index contributed by atoms with van der Waals surface area (Å²) in [6.45, 7) is 3.59. The Morgan fingerprint density at radius 3 is 2.45 bits per heavy atom. The van der Waals surface area contributed by atoms with Crippen molar-refractivity contribution in [3.63, 3.8) is 0 Å². The Labute approximate surface area is 184 Å². The highest BCUT2D eigenvalue weighted by Crippen LogP contribution is 2.27. The number of unbranched alkanes of at least 4 members (excludes halogenated alkanes) is 1. The maximum absolute atomic E-state index is 12.7. The number of amides is 2. The number of ether oxygens (including phenoxy) is 2. The van der Waals surface area contributed by atoms with Gasteiger partial charge in [-0.05, 0) is 30.5 Å². The number of aromatic nitrogens is 2. The number of benzene rings is 1. The van der Waals surface area contributed by atoms with Crippen LogP contribution >= 0.6 is 0 Å². The Morgan fingerprint density at radius 1 is 1.03 bits per heavy atom. The monoisotopic (exact) mass is 428 g/mol. The third-order valence-corrected chi connectivity index (χ3v) is 5.06. The van der Waals surface area contributed by atoms with E-state index in [-0.39, 0.29) is 18.2 Å². The Hall–Kier alpha value is -3.16. The Balaban J connectivity index is 1.90. The van der Waals surface area contributed by atoms with Gasteiger partial charge in [-0.25, -0.2) is 4.98 Å². The first-order valence-electron chi connectivity index (χ1n) is 10.5. The van der Waals surface area contributed by atoms with Crippen molar-refractivity contribution < 1.29 is 19.1 Å². The smallest absolute Gasteiger partial charge is 0.274 e. The van der Waals surface area contributed by atoms with E-state index >= 15 is 0 Å². The van der Waals surface area contributed by atoms with E-state index in [9.17, 15) is 9.59 Å². The zero-order valence-corrected chi connectivity index (χ0v) is 18.8. The molecule has 1 aromatic carbocycles. The molecule has 0 aliphatic carbocycles. The van der Waals surface area contributed by atoms with E-state index in [0.717, 1.165) is 18.4 Å². The molecule has 8 nitrogen and oxygen atoms in total. The number of hydrogen-bond acceptors (Lipinski definition) is 6. The second kappa shape index (κ2) is 12.5. The van der Waals surface area contributed by atoms with Crippen molar-refractivity contribution in [3.8, 4) is 11.5 Å². The maximum Gasteiger partial charge on any atom is 0.274 e. The summed E-state index contributed by atoms with van der Waals surface area (Å²) in [4.78, 5) is 36.8. The zero-order chi connectivity index (χ0) is 22.6. The summed E-state index contributed by atoms with van der Waals surface area (Å²) in [7, 11) is 4.98. The number of carbonyl (C=O) groups excluding carboxylic acids is 2. The largest absolute Gasteiger partial charge is 0.493 e. The Kier molecular flexibility index (Phi) is 9.74. The third-order valence-electron chi connectivity index (χ3n) is 5.06. The van der Waals surface area contributed by atoms with Gasteiger partial charge in [0.05, 0.1) is 20.4 Å². The van der Waals surface area contributed by atoms with Crippen LogP contribution < -0.4 is 9.47 Å². The number of likely N-dealkylation sites (N-methyl/N-ethyl adjacent to an activating group) is 1. The first-order chi connectivity index (χ1) is 15.0. The van der Waals surface area contributed by atoms with Gasteiger partial charge in [0.25, 0.3) is 5.91 Å². The number of methoxy groups -OCH3 is 2. The van der Waals surface area contributed by atoms with Gasteiger partial charge in [-0.1, -0.05) is 19.4 Å². The van der Waals surface area contributed by atoms with Gasteiger partial charge in [0.15, 0.2) is 11.5 Å². The van der Waals surface area contributed by atoms with Gasteiger partial charge < -0.3 is 19.3 Å². The molecule has 0 radical (unpaired) electrons. The van der Waals surface area contributed by atoms with Crippen LogP contribution in [0, 0.1) is 0 Å². The lowest BCUT2D eigenvalue weighted by molar-refractivity contribution is -0.130. The molecule has 1 heterocycles. The normalized spacial score (nSPS) is 10.5. The highest BCUT2D eigenvalue weighted by molar-refractivity contribution is 5.92. The summed E-state index contributed by atoms with van der Waals surface area (Å²) in [6.07, 6.45) is 7.28. The van der Waals surface area contributed by atoms with Crippen LogP contribution in [0.4, 0.5) is 0 Å². The fourth-order valence-corrected chi connectivity index (χ4v) is 3.11. The van der Waals surface area contributed by atoms with Crippen LogP contribution in [0.25, 0.3) is 0 Å². The fraction of sp³-hybridized carbons (Fsp3) is 0.478. The lowest BCUT2D eigenvalue weighted by atomic mass is 10.1. The number of rotatable bonds is 12. The Morgan fingerprint density at radius 2 is 1.81 bits per heavy atom. The molecule has 0 saturated heterocycles. The molecular weight excluding hydrogens is 396 g/mol. The van der Waals surface area contributed by atoms with E-state index in [1.54, 1.807) is 31.1 Å². The van der Waals surface area contributed by atoms with Crippen molar-refractivity contribution >= 4 is 11.8 Å². The van der Waals surface area contributed by atoms with E-state index in [1.165, 1.54) is 18.6 Å². The Bertz CT molecular complexity index is 845. The van der Waals surface area contributed by atoms with Crippen molar-refractivity contribution in [2.45, 2.75) is 32.6 Å². The molecule has 168 valence electrons. The minimum absolute atomic E-state index is 0.00563. The van der Waals surface area contributed by atoms with Gasteiger partial charge >= 0.3 is 0 Å². The van der Waals surface area contributed by atoms with Crippen LogP contribution in [0.1, 0.15) is 42.2 Å². The third kappa shape index (κ3) is 7.24. The molecule has 0 unspecified atom stereocenters. The van der Waals surface area contributed by atoms with E-state index in [4.69, 9.17) is 9.47 Å². The lowest BCUT2D eigenvalue weighted by Crippen LogP contribution is -2.37. The summed E-state index contributed by atoms with van der Waals surface area (Å²) < 4.78 is 10.6. The van der Waals surface area contributed by atoms with Crippen LogP contribution in [0.2, 0.25) is 0 Å². The molecule has 8 heteroatoms. The molecule has 0 spiro atoms. The molecule has 0 saturated carbocycles. The van der Waals surface area contributed by atoms with Crippen LogP contribution in [-0.2, 0) is 11.2 Å². The van der Waals surface area contributed by atoms with E-state index in [2.05, 4.69) is 16.9 Å². The van der Waals surface area contributed by atoms with Crippen LogP contribution in [0.15, 0.2) is 36.8 Å². The summed E-state index contributed by atoms with van der Waals surface area (Å²) >= 11 is 0. The van der Waals surface area contributed by atoms with Crippen LogP contribution in [-0.4, -0.2) is 72.5 Å². The second-order valence-electron chi connectivity index (χ2n) is 7.24. The number of nitrogens with zero attached hydrogens (tertiary/aromatic N) is 4. The molecule has 2 aromatic rings. The van der Waals surface area contributed by atoms with Crippen LogP contribution in [0.5, 0.6) is 11.5 Å². The van der Waals surface area contributed by atoms with E-state index in [1.807, 2.05) is 18.2 Å². The predicted octanol–water partition coefficient (Wildman–Crippen LogP) is 2.83. The summed E-state index contributed by atoms with van der Waals surface area (Å²) in [5.41, 5.74) is 1.35. The first kappa shape index (κ1) is 24.1. The minimum atomic E-state index is -0.192. The number of hydrogen-bond donors (Lipinski definition) is 0. The molecule has 0 aliphatic heterocycles. The van der Waals surface area contributed by atoms with Crippen molar-refractivity contribution in [2.75, 3.05) is 40.9 Å². The molecule has 0 fully saturated rings. The number of carbonyl (C=O) groups is 2. The van der Waals surface area contributed by atoms with Gasteiger partial charge in [0.2, 0.25) is 5.91 Å². The standard InChI is InChI=1S/C23H32N4O4/c1-5-6-13-27(23(29)19-17-24-11-12-25-19)15-10-22(28)26(2)14-9-18-7-8-20(30-3)21(16-18)31-4/h7-8,11-12,16-17H,5-6,9-10,13-15H2,1-4H3. The van der Waals surface area contributed by atoms with Gasteiger partial charge in [-0.15, -0.1) is 0 Å². The highest BCUT2D eigenvalue weighted by Gasteiger charge is 2.19. The molecule has 1 aromatic heterocycles. The van der Waals surface area contributed by atoms with Crippen molar-refractivity contribution in [1.82, 2.24) is 19.8 Å². The SMILES string of the molecule is CCCCN(CCC(=O)N(C)CCc1ccc(OC)c(OC)c1)C(=O)c1cnccn1. The van der Waals surface area contributed by atoms with Gasteiger partial charge in [0, 0.05) is 45.5 Å². The molecule has 31 heavy (non-hydrogen) atoms. The molecule has 0 N–H and O–H groups in total. The van der Waals surface area contributed by atoms with Gasteiger partial charge in [0.1, 0.15) is 5.69 Å². The van der Waals surface area contributed by atoms with Gasteiger partial charge in [-0.2, -0.15) is 0 Å². The molecule has 2 amide bonds. The van der Waals surface area contributed by atoms with Crippen molar-refractivity contribution in [3.05, 3.63) is 48.0 Å². The second-order valence-corrected chi connectivity index (χ2v) is 7.24. The van der Waals surface area contributed by atoms with Gasteiger partial charge in [-0.3, -0.25) is 14.6 Å². The molecule has 2 rings (SSSR count). The molecular formula is C23H32N4O4. The quantitative estimate of drug-likeness (QED) is 0.517. The predicted molar refractivity (Wildman–Crippen MR) is 118 cm³/mol. The molecule has 0 bridgehead atoms. The average molecular weight is 429 g/mol. The lowest BCUT2D eigenvalue weighted by Gasteiger charge is -2.24. The van der Waals surface area contributed by atoms with Crippen molar-refractivity contribution in [2.24, 2.45) is 0 Å². The first-order valence-corrected chi connectivity index (χ1v) is 10.5. The molecule has 0 atom stereocenters. The van der Waals surface area contributed by atoms with E-state index < -0.39 is 0 Å². The van der Waals surface area contributed by atoms with Crippen LogP contribution in [0.3, 0.4) is 0 Å². The zero-order valence-electron chi connectivity index (χ0n) is 18.8. The van der Waals surface area contributed by atoms with Crippen molar-refractivity contribution in [1.29, 1.82) is 0 Å². The average Bonchev–Trinajstić information content (AvgIpc) is 2.82. The highest BCUT2D eigenvalue weighted by atomic mass is 16.5. The molecule has 0 aliphatic rings. The minimum Gasteiger partial charge on any atom is -0.493 e. The fourth-order valence-electron chi connectivity index (χ4n) is 3.11.